The molecule has 4 atom stereocenters. The maximum atomic E-state index is 17.0. The number of halogens is 6. The number of carbonyl (C=O) groups excluding carboxylic acids is 4. The summed E-state index contributed by atoms with van der Waals surface area (Å²) in [5.74, 6) is -5.76. The van der Waals surface area contributed by atoms with E-state index in [0.29, 0.717) is 66.7 Å². The van der Waals surface area contributed by atoms with Crippen molar-refractivity contribution in [3.05, 3.63) is 146 Å². The SMILES string of the molecule is COc1cc(C(=O)NCCOCCOCCOCCN(C)C(=O)CCNc2nc(N3CCN(C(C)=O)CC3)c3cc(Cl)c(-c4cc(O)cc5ccccc45)c(F)c3n2)ccc1NC(=O)[C@@H]1C[C@@H](CC(C)(C)C)[C@](C#N)(c2ccc(Cl)cc2F)[C@H]1c1cccc(Cl)c1F. The Morgan fingerprint density at radius 3 is 2.23 bits per heavy atom. The van der Waals surface area contributed by atoms with Crippen LogP contribution >= 0.6 is 34.8 Å². The summed E-state index contributed by atoms with van der Waals surface area (Å²) in [6, 6.07) is 27.2. The van der Waals surface area contributed by atoms with Crippen LogP contribution in [0.1, 0.15) is 74.4 Å². The van der Waals surface area contributed by atoms with Crippen LogP contribution in [0.2, 0.25) is 15.1 Å². The number of hydrogen-bond acceptors (Lipinski definition) is 14. The molecule has 24 heteroatoms. The second kappa shape index (κ2) is 30.2. The van der Waals surface area contributed by atoms with Gasteiger partial charge < -0.3 is 54.7 Å². The summed E-state index contributed by atoms with van der Waals surface area (Å²) in [6.07, 6.45) is 0.550. The van der Waals surface area contributed by atoms with Gasteiger partial charge in [0.05, 0.1) is 74.0 Å². The summed E-state index contributed by atoms with van der Waals surface area (Å²) in [5, 5.41) is 32.4. The van der Waals surface area contributed by atoms with E-state index in [1.807, 2.05) is 49.9 Å². The first kappa shape index (κ1) is 68.4. The topological polar surface area (TPSA) is 221 Å². The van der Waals surface area contributed by atoms with Gasteiger partial charge in [0.25, 0.3) is 5.91 Å². The molecule has 1 aliphatic heterocycles. The molecule has 4 amide bonds. The highest BCUT2D eigenvalue weighted by atomic mass is 35.5. The summed E-state index contributed by atoms with van der Waals surface area (Å²) < 4.78 is 72.0. The van der Waals surface area contributed by atoms with Crippen molar-refractivity contribution in [2.75, 3.05) is 115 Å². The number of aromatic nitrogens is 2. The molecule has 9 rings (SSSR count). The molecule has 0 spiro atoms. The number of nitrogens with zero attached hydrogens (tertiary/aromatic N) is 6. The van der Waals surface area contributed by atoms with E-state index >= 15 is 13.2 Å². The van der Waals surface area contributed by atoms with Gasteiger partial charge in [-0.25, -0.2) is 18.2 Å². The highest BCUT2D eigenvalue weighted by Crippen LogP contribution is 2.61. The zero-order chi connectivity index (χ0) is 66.0. The van der Waals surface area contributed by atoms with Crippen molar-refractivity contribution < 1.29 is 56.4 Å². The fourth-order valence-electron chi connectivity index (χ4n) is 12.4. The zero-order valence-corrected chi connectivity index (χ0v) is 54.2. The lowest BCUT2D eigenvalue weighted by atomic mass is 9.62. The molecule has 486 valence electrons. The molecular formula is C68H73Cl3F3N9O9. The van der Waals surface area contributed by atoms with Crippen molar-refractivity contribution in [3.63, 3.8) is 0 Å². The molecule has 1 saturated heterocycles. The number of phenols is 1. The number of nitrogens with one attached hydrogen (secondary N) is 3. The first-order valence-electron chi connectivity index (χ1n) is 30.2. The molecule has 0 bridgehead atoms. The van der Waals surface area contributed by atoms with Crippen molar-refractivity contribution in [1.29, 1.82) is 5.26 Å². The number of aromatic hydroxyl groups is 1. The van der Waals surface area contributed by atoms with Crippen molar-refractivity contribution >= 4 is 97.6 Å². The number of hydrogen-bond donors (Lipinski definition) is 4. The number of nitriles is 1. The summed E-state index contributed by atoms with van der Waals surface area (Å²) in [7, 11) is 3.04. The van der Waals surface area contributed by atoms with Gasteiger partial charge in [-0.15, -0.1) is 0 Å². The van der Waals surface area contributed by atoms with Crippen LogP contribution in [0, 0.1) is 46.0 Å². The Labute approximate surface area is 547 Å². The van der Waals surface area contributed by atoms with Crippen LogP contribution in [0.5, 0.6) is 11.5 Å². The molecule has 6 aromatic carbocycles. The maximum absolute atomic E-state index is 17.0. The van der Waals surface area contributed by atoms with E-state index in [1.54, 1.807) is 24.1 Å². The van der Waals surface area contributed by atoms with Crippen molar-refractivity contribution in [2.45, 2.75) is 58.3 Å². The van der Waals surface area contributed by atoms with Crippen LogP contribution in [-0.2, 0) is 34.0 Å². The minimum absolute atomic E-state index is 0.000780. The Balaban J connectivity index is 0.708. The lowest BCUT2D eigenvalue weighted by Gasteiger charge is -2.38. The Bertz CT molecular complexity index is 3920. The number of piperazine rings is 1. The molecule has 7 aromatic rings. The van der Waals surface area contributed by atoms with Gasteiger partial charge in [-0.05, 0) is 101 Å². The molecule has 1 saturated carbocycles. The van der Waals surface area contributed by atoms with Gasteiger partial charge >= 0.3 is 0 Å². The molecule has 2 fully saturated rings. The lowest BCUT2D eigenvalue weighted by Crippen LogP contribution is -2.48. The third kappa shape index (κ3) is 15.6. The van der Waals surface area contributed by atoms with Gasteiger partial charge in [0.1, 0.15) is 34.5 Å². The number of carbonyl (C=O) groups is 4. The number of likely N-dealkylation sites (N-methyl/N-ethyl adjacent to an activating group) is 1. The van der Waals surface area contributed by atoms with E-state index in [2.05, 4.69) is 27.0 Å². The Hall–Kier alpha value is -7.97. The third-order valence-electron chi connectivity index (χ3n) is 16.8. The highest BCUT2D eigenvalue weighted by molar-refractivity contribution is 6.35. The number of benzene rings is 6. The minimum atomic E-state index is -1.73. The predicted octanol–water partition coefficient (Wildman–Crippen LogP) is 12.2. The highest BCUT2D eigenvalue weighted by Gasteiger charge is 2.61. The summed E-state index contributed by atoms with van der Waals surface area (Å²) >= 11 is 19.4. The van der Waals surface area contributed by atoms with Gasteiger partial charge in [0.15, 0.2) is 5.82 Å². The van der Waals surface area contributed by atoms with Crippen LogP contribution in [0.25, 0.3) is 32.8 Å². The predicted molar refractivity (Wildman–Crippen MR) is 349 cm³/mol. The van der Waals surface area contributed by atoms with E-state index in [9.17, 15) is 29.5 Å². The van der Waals surface area contributed by atoms with Gasteiger partial charge in [0.2, 0.25) is 23.7 Å². The first-order valence-corrected chi connectivity index (χ1v) is 31.4. The molecule has 0 unspecified atom stereocenters. The van der Waals surface area contributed by atoms with E-state index < -0.39 is 52.4 Å². The van der Waals surface area contributed by atoms with Crippen LogP contribution in [0.3, 0.4) is 0 Å². The smallest absolute Gasteiger partial charge is 0.251 e. The van der Waals surface area contributed by atoms with Crippen molar-refractivity contribution in [2.24, 2.45) is 17.3 Å². The fraction of sp³-hybridized carbons (Fsp3) is 0.397. The van der Waals surface area contributed by atoms with E-state index in [0.717, 1.165) is 6.07 Å². The summed E-state index contributed by atoms with van der Waals surface area (Å²) in [6.45, 7) is 11.2. The minimum Gasteiger partial charge on any atom is -0.508 e. The molecule has 4 N–H and O–H groups in total. The van der Waals surface area contributed by atoms with Crippen LogP contribution < -0.4 is 25.6 Å². The molecule has 1 aliphatic carbocycles. The van der Waals surface area contributed by atoms with Gasteiger partial charge in [-0.3, -0.25) is 19.2 Å². The molecule has 18 nitrogen and oxygen atoms in total. The number of amides is 4. The molecule has 2 heterocycles. The van der Waals surface area contributed by atoms with E-state index in [-0.39, 0.29) is 149 Å². The summed E-state index contributed by atoms with van der Waals surface area (Å²) in [5.41, 5.74) is -1.21. The van der Waals surface area contributed by atoms with Crippen molar-refractivity contribution in [1.82, 2.24) is 25.1 Å². The Kier molecular flexibility index (Phi) is 22.4. The number of phenolic OH excluding ortho intramolecular Hbond substituents is 1. The maximum Gasteiger partial charge on any atom is 0.251 e. The largest absolute Gasteiger partial charge is 0.508 e. The van der Waals surface area contributed by atoms with Crippen LogP contribution in [0.4, 0.5) is 30.6 Å². The zero-order valence-electron chi connectivity index (χ0n) is 51.9. The normalized spacial score (nSPS) is 17.4. The van der Waals surface area contributed by atoms with Gasteiger partial charge in [-0.2, -0.15) is 10.2 Å². The number of fused-ring (bicyclic) bond motifs is 2. The standard InChI is InChI=1S/C68H73Cl3F3N9O9/c1-40(84)82-21-23-83(24-22-82)63-50-37-53(71)58(48-36-45(85)32-41-10-7-8-11-46(41)48)61(74)62(50)79-66(80-63)77-19-18-57(86)81(5)25-27-91-29-31-92-30-28-90-26-20-76-64(87)42-14-17-55(56(33-42)89-6)78-65(88)49-34-43(38-67(2,3)4)68(39-75,51-16-15-44(69)35-54(51)72)59(49)47-12-9-13-52(70)60(47)73/h7-17,32-33,35-37,43,49,59,85H,18-31,34,38H2,1-6H3,(H,76,87)(H,78,88)(H,77,79,80)/t43-,49+,59-,68+/m0/s1. The monoisotopic (exact) mass is 1320 g/mol. The molecule has 92 heavy (non-hydrogen) atoms. The second-order valence-corrected chi connectivity index (χ2v) is 25.3. The third-order valence-corrected chi connectivity index (χ3v) is 17.6. The average Bonchev–Trinajstić information content (AvgIpc) is 1.50. The average molecular weight is 1320 g/mol. The van der Waals surface area contributed by atoms with Crippen molar-refractivity contribution in [3.8, 4) is 28.7 Å². The lowest BCUT2D eigenvalue weighted by molar-refractivity contribution is -0.130. The second-order valence-electron chi connectivity index (χ2n) is 24.0. The number of rotatable bonds is 25. The molecular weight excluding hydrogens is 1250 g/mol. The number of anilines is 3. The first-order chi connectivity index (χ1) is 44.0. The van der Waals surface area contributed by atoms with Gasteiger partial charge in [0, 0.05) is 105 Å². The number of methoxy groups -OCH3 is 1. The number of ether oxygens (including phenoxy) is 4. The molecule has 2 aliphatic rings. The van der Waals surface area contributed by atoms with E-state index in [1.165, 1.54) is 73.5 Å². The Morgan fingerprint density at radius 2 is 1.53 bits per heavy atom. The molecule has 0 radical (unpaired) electrons. The quantitative estimate of drug-likeness (QED) is 0.0391. The fourth-order valence-corrected chi connectivity index (χ4v) is 13.1. The molecule has 1 aromatic heterocycles. The van der Waals surface area contributed by atoms with E-state index in [4.69, 9.17) is 58.7 Å². The van der Waals surface area contributed by atoms with Crippen LogP contribution in [0.15, 0.2) is 97.1 Å². The van der Waals surface area contributed by atoms with Crippen LogP contribution in [-0.4, -0.2) is 148 Å². The van der Waals surface area contributed by atoms with Gasteiger partial charge in [-0.1, -0.05) is 98.0 Å². The Morgan fingerprint density at radius 1 is 0.815 bits per heavy atom. The summed E-state index contributed by atoms with van der Waals surface area (Å²) in [4.78, 5) is 67.9.